The number of aromatic amines is 1. The molecule has 0 spiro atoms. The van der Waals surface area contributed by atoms with E-state index in [1.807, 2.05) is 11.6 Å². The Morgan fingerprint density at radius 1 is 1.21 bits per heavy atom. The van der Waals surface area contributed by atoms with Gasteiger partial charge >= 0.3 is 0 Å². The first kappa shape index (κ1) is 17.3. The molecule has 2 aromatic rings. The van der Waals surface area contributed by atoms with E-state index in [9.17, 15) is 18.4 Å². The maximum atomic E-state index is 13.6. The number of nitrogens with one attached hydrogen (secondary N) is 1. The van der Waals surface area contributed by atoms with Crippen LogP contribution >= 0.6 is 0 Å². The second kappa shape index (κ2) is 5.62. The molecule has 3 saturated carbocycles. The third-order valence-corrected chi connectivity index (χ3v) is 6.41. The summed E-state index contributed by atoms with van der Waals surface area (Å²) in [6, 6.07) is 4.44. The van der Waals surface area contributed by atoms with Crippen molar-refractivity contribution in [3.63, 3.8) is 0 Å². The molecule has 4 aliphatic rings. The van der Waals surface area contributed by atoms with Crippen molar-refractivity contribution >= 4 is 12.1 Å². The van der Waals surface area contributed by atoms with E-state index in [2.05, 4.69) is 10.2 Å². The number of hydrogen-bond donors (Lipinski definition) is 1. The lowest BCUT2D eigenvalue weighted by Gasteiger charge is -2.69. The summed E-state index contributed by atoms with van der Waals surface area (Å²) in [6.45, 7) is 2.57. The molecule has 1 N–H and O–H groups in total. The summed E-state index contributed by atoms with van der Waals surface area (Å²) in [6.07, 6.45) is 4.30. The summed E-state index contributed by atoms with van der Waals surface area (Å²) < 4.78 is 29.1. The lowest BCUT2D eigenvalue weighted by molar-refractivity contribution is -0.223. The Labute approximate surface area is 159 Å². The third-order valence-electron chi connectivity index (χ3n) is 6.41. The molecule has 1 aromatic heterocycles. The number of aryl methyl sites for hydroxylation is 1. The molecular formula is C20H20F2N4O2. The van der Waals surface area contributed by atoms with Crippen LogP contribution in [0.4, 0.5) is 8.78 Å². The molecule has 1 atom stereocenters. The molecule has 2 bridgehead atoms. The smallest absolute Gasteiger partial charge is 0.264 e. The molecule has 6 rings (SSSR count). The molecule has 6 nitrogen and oxygen atoms in total. The maximum Gasteiger partial charge on any atom is 0.264 e. The molecule has 3 fully saturated rings. The predicted octanol–water partition coefficient (Wildman–Crippen LogP) is 2.89. The first-order valence-electron chi connectivity index (χ1n) is 9.38. The SMILES string of the molecule is Cc1cc(=O)[nH]n1CC12CC(C(=O)N3N=CCC3c3cc(F)cc(F)c3)(C1)C2. The fourth-order valence-electron chi connectivity index (χ4n) is 5.31. The van der Waals surface area contributed by atoms with Crippen LogP contribution in [0.3, 0.4) is 0 Å². The van der Waals surface area contributed by atoms with Crippen LogP contribution in [0.5, 0.6) is 0 Å². The molecule has 28 heavy (non-hydrogen) atoms. The number of aromatic nitrogens is 2. The van der Waals surface area contributed by atoms with Crippen LogP contribution in [0.15, 0.2) is 34.2 Å². The molecule has 0 radical (unpaired) electrons. The highest BCUT2D eigenvalue weighted by molar-refractivity contribution is 5.88. The fourth-order valence-corrected chi connectivity index (χ4v) is 5.31. The van der Waals surface area contributed by atoms with Crippen molar-refractivity contribution in [3.8, 4) is 0 Å². The van der Waals surface area contributed by atoms with E-state index >= 15 is 0 Å². The molecule has 8 heteroatoms. The van der Waals surface area contributed by atoms with Crippen molar-refractivity contribution in [2.24, 2.45) is 15.9 Å². The van der Waals surface area contributed by atoms with Crippen molar-refractivity contribution in [1.82, 2.24) is 14.8 Å². The van der Waals surface area contributed by atoms with Gasteiger partial charge in [-0.25, -0.2) is 13.8 Å². The van der Waals surface area contributed by atoms with Gasteiger partial charge < -0.3 is 0 Å². The molecule has 1 amide bonds. The highest BCUT2D eigenvalue weighted by Gasteiger charge is 2.72. The summed E-state index contributed by atoms with van der Waals surface area (Å²) in [5.41, 5.74) is 0.781. The minimum atomic E-state index is -0.658. The predicted molar refractivity (Wildman–Crippen MR) is 97.6 cm³/mol. The molecule has 1 aliphatic heterocycles. The molecule has 146 valence electrons. The van der Waals surface area contributed by atoms with Gasteiger partial charge in [-0.15, -0.1) is 0 Å². The molecule has 1 unspecified atom stereocenters. The number of H-pyrrole nitrogens is 1. The third kappa shape index (κ3) is 2.47. The van der Waals surface area contributed by atoms with Crippen LogP contribution in [0.2, 0.25) is 0 Å². The monoisotopic (exact) mass is 386 g/mol. The van der Waals surface area contributed by atoms with E-state index < -0.39 is 23.1 Å². The highest BCUT2D eigenvalue weighted by Crippen LogP contribution is 2.74. The topological polar surface area (TPSA) is 70.5 Å². The van der Waals surface area contributed by atoms with Crippen molar-refractivity contribution < 1.29 is 13.6 Å². The van der Waals surface area contributed by atoms with Crippen LogP contribution in [0.25, 0.3) is 0 Å². The van der Waals surface area contributed by atoms with Gasteiger partial charge in [-0.1, -0.05) is 0 Å². The van der Waals surface area contributed by atoms with Gasteiger partial charge in [0.2, 0.25) is 5.91 Å². The van der Waals surface area contributed by atoms with Crippen molar-refractivity contribution in [2.75, 3.05) is 0 Å². The van der Waals surface area contributed by atoms with E-state index in [1.54, 1.807) is 12.3 Å². The van der Waals surface area contributed by atoms with Gasteiger partial charge in [-0.2, -0.15) is 5.10 Å². The number of carbonyl (C=O) groups excluding carboxylic acids is 1. The number of carbonyl (C=O) groups is 1. The number of rotatable bonds is 4. The average molecular weight is 386 g/mol. The normalized spacial score (nSPS) is 30.2. The van der Waals surface area contributed by atoms with Gasteiger partial charge in [0.25, 0.3) is 5.56 Å². The Hall–Kier alpha value is -2.77. The van der Waals surface area contributed by atoms with Gasteiger partial charge in [0.1, 0.15) is 11.6 Å². The Bertz CT molecular complexity index is 1030. The van der Waals surface area contributed by atoms with Gasteiger partial charge in [-0.3, -0.25) is 19.4 Å². The van der Waals surface area contributed by atoms with E-state index in [4.69, 9.17) is 0 Å². The Morgan fingerprint density at radius 3 is 2.50 bits per heavy atom. The van der Waals surface area contributed by atoms with Crippen LogP contribution in [-0.2, 0) is 11.3 Å². The Balaban J connectivity index is 1.31. The number of nitrogens with zero attached hydrogens (tertiary/aromatic N) is 3. The largest absolute Gasteiger partial charge is 0.289 e. The fraction of sp³-hybridized carbons (Fsp3) is 0.450. The van der Waals surface area contributed by atoms with Gasteiger partial charge in [0.05, 0.1) is 11.5 Å². The first-order chi connectivity index (χ1) is 13.3. The molecule has 3 aliphatic carbocycles. The van der Waals surface area contributed by atoms with Crippen molar-refractivity contribution in [2.45, 2.75) is 45.2 Å². The van der Waals surface area contributed by atoms with Crippen LogP contribution in [0.1, 0.15) is 43.0 Å². The lowest BCUT2D eigenvalue weighted by atomic mass is 9.34. The van der Waals surface area contributed by atoms with E-state index in [-0.39, 0.29) is 16.9 Å². The summed E-state index contributed by atoms with van der Waals surface area (Å²) in [7, 11) is 0. The first-order valence-corrected chi connectivity index (χ1v) is 9.38. The minimum absolute atomic E-state index is 0.0340. The summed E-state index contributed by atoms with van der Waals surface area (Å²) in [5.74, 6) is -1.39. The lowest BCUT2D eigenvalue weighted by Crippen LogP contribution is -2.68. The number of amides is 1. The van der Waals surface area contributed by atoms with Crippen LogP contribution < -0.4 is 5.56 Å². The standard InChI is InChI=1S/C20H20F2N4O2/c1-12-4-17(27)24-25(12)11-19-8-20(9-19,10-19)18(28)26-16(2-3-23-26)13-5-14(21)7-15(22)6-13/h3-7,16H,2,8-11H2,1H3,(H,24,27). The van der Waals surface area contributed by atoms with Gasteiger partial charge in [0.15, 0.2) is 0 Å². The second-order valence-electron chi connectivity index (χ2n) is 8.56. The van der Waals surface area contributed by atoms with Crippen molar-refractivity contribution in [3.05, 3.63) is 57.5 Å². The average Bonchev–Trinajstić information content (AvgIpc) is 3.14. The zero-order chi connectivity index (χ0) is 19.7. The van der Waals surface area contributed by atoms with Crippen LogP contribution in [-0.4, -0.2) is 26.9 Å². The zero-order valence-corrected chi connectivity index (χ0v) is 15.4. The Kier molecular flexibility index (Phi) is 3.48. The van der Waals surface area contributed by atoms with E-state index in [0.717, 1.165) is 31.0 Å². The second-order valence-corrected chi connectivity index (χ2v) is 8.56. The maximum absolute atomic E-state index is 13.6. The minimum Gasteiger partial charge on any atom is -0.289 e. The van der Waals surface area contributed by atoms with Crippen molar-refractivity contribution in [1.29, 1.82) is 0 Å². The molecule has 1 aromatic carbocycles. The number of benzene rings is 1. The quantitative estimate of drug-likeness (QED) is 0.878. The summed E-state index contributed by atoms with van der Waals surface area (Å²) in [5, 5.41) is 8.41. The summed E-state index contributed by atoms with van der Waals surface area (Å²) >= 11 is 0. The zero-order valence-electron chi connectivity index (χ0n) is 15.4. The van der Waals surface area contributed by atoms with E-state index in [0.29, 0.717) is 18.5 Å². The number of hydrazone groups is 1. The van der Waals surface area contributed by atoms with Gasteiger partial charge in [0, 0.05) is 37.0 Å². The number of hydrogen-bond acceptors (Lipinski definition) is 3. The van der Waals surface area contributed by atoms with Crippen LogP contribution in [0, 0.1) is 29.4 Å². The molecule has 2 heterocycles. The van der Waals surface area contributed by atoms with E-state index in [1.165, 1.54) is 17.1 Å². The summed E-state index contributed by atoms with van der Waals surface area (Å²) in [4.78, 5) is 24.6. The highest BCUT2D eigenvalue weighted by atomic mass is 19.1. The Morgan fingerprint density at radius 2 is 1.89 bits per heavy atom. The molecule has 0 saturated heterocycles. The number of halogens is 2. The van der Waals surface area contributed by atoms with Gasteiger partial charge in [-0.05, 0) is 49.3 Å². The molecular weight excluding hydrogens is 366 g/mol.